The first-order valence-corrected chi connectivity index (χ1v) is 7.40. The van der Waals surface area contributed by atoms with Crippen molar-refractivity contribution in [2.45, 2.75) is 34.1 Å². The molecule has 0 fully saturated rings. The number of benzene rings is 1. The molecule has 5 nitrogen and oxygen atoms in total. The number of carbonyl (C=O) groups is 2. The van der Waals surface area contributed by atoms with Gasteiger partial charge in [0.25, 0.3) is 0 Å². The summed E-state index contributed by atoms with van der Waals surface area (Å²) in [5.74, 6) is -0.187. The van der Waals surface area contributed by atoms with Gasteiger partial charge in [0.15, 0.2) is 0 Å². The number of carbonyl (C=O) groups excluding carboxylic acids is 2. The average Bonchev–Trinajstić information content (AvgIpc) is 2.47. The third-order valence-corrected chi connectivity index (χ3v) is 3.25. The number of hydrogen-bond donors (Lipinski definition) is 3. The lowest BCUT2D eigenvalue weighted by Gasteiger charge is -2.15. The summed E-state index contributed by atoms with van der Waals surface area (Å²) in [6.45, 7) is 9.11. The summed E-state index contributed by atoms with van der Waals surface area (Å²) in [6.07, 6.45) is 0.426. The van der Waals surface area contributed by atoms with Crippen molar-refractivity contribution in [3.8, 4) is 0 Å². The molecule has 3 N–H and O–H groups in total. The molecule has 5 heteroatoms. The number of rotatable bonds is 7. The molecule has 0 aliphatic carbocycles. The van der Waals surface area contributed by atoms with Crippen molar-refractivity contribution in [2.24, 2.45) is 5.92 Å². The molecule has 1 aromatic carbocycles. The van der Waals surface area contributed by atoms with Crippen molar-refractivity contribution in [1.82, 2.24) is 5.32 Å². The van der Waals surface area contributed by atoms with E-state index < -0.39 is 0 Å². The SMILES string of the molecule is CCNCC(C)C(=O)Nc1cc(NC(=O)CC)ccc1C. The highest BCUT2D eigenvalue weighted by atomic mass is 16.2. The van der Waals surface area contributed by atoms with E-state index in [-0.39, 0.29) is 17.7 Å². The maximum atomic E-state index is 12.1. The highest BCUT2D eigenvalue weighted by Gasteiger charge is 2.13. The molecule has 1 unspecified atom stereocenters. The lowest BCUT2D eigenvalue weighted by Crippen LogP contribution is -2.30. The Morgan fingerprint density at radius 2 is 1.90 bits per heavy atom. The second kappa shape index (κ2) is 8.42. The van der Waals surface area contributed by atoms with Crippen LogP contribution in [0.15, 0.2) is 18.2 Å². The third-order valence-electron chi connectivity index (χ3n) is 3.25. The fraction of sp³-hybridized carbons (Fsp3) is 0.500. The summed E-state index contributed by atoms with van der Waals surface area (Å²) >= 11 is 0. The van der Waals surface area contributed by atoms with Gasteiger partial charge in [0.2, 0.25) is 11.8 Å². The van der Waals surface area contributed by atoms with E-state index in [2.05, 4.69) is 16.0 Å². The maximum absolute atomic E-state index is 12.1. The van der Waals surface area contributed by atoms with E-state index in [9.17, 15) is 9.59 Å². The van der Waals surface area contributed by atoms with Crippen LogP contribution in [-0.4, -0.2) is 24.9 Å². The van der Waals surface area contributed by atoms with Gasteiger partial charge in [-0.1, -0.05) is 26.8 Å². The molecular formula is C16H25N3O2. The van der Waals surface area contributed by atoms with Gasteiger partial charge in [-0.3, -0.25) is 9.59 Å². The van der Waals surface area contributed by atoms with E-state index in [0.29, 0.717) is 18.7 Å². The molecule has 116 valence electrons. The van der Waals surface area contributed by atoms with Gasteiger partial charge in [0.05, 0.1) is 0 Å². The lowest BCUT2D eigenvalue weighted by atomic mass is 10.1. The molecule has 0 aromatic heterocycles. The van der Waals surface area contributed by atoms with Crippen LogP contribution in [-0.2, 0) is 9.59 Å². The quantitative estimate of drug-likeness (QED) is 0.723. The normalized spacial score (nSPS) is 11.8. The van der Waals surface area contributed by atoms with Crippen LogP contribution in [0.3, 0.4) is 0 Å². The monoisotopic (exact) mass is 291 g/mol. The Hall–Kier alpha value is -1.88. The zero-order valence-electron chi connectivity index (χ0n) is 13.2. The van der Waals surface area contributed by atoms with Crippen molar-refractivity contribution in [3.63, 3.8) is 0 Å². The van der Waals surface area contributed by atoms with E-state index in [1.54, 1.807) is 13.0 Å². The second-order valence-corrected chi connectivity index (χ2v) is 5.13. The van der Waals surface area contributed by atoms with E-state index in [4.69, 9.17) is 0 Å². The number of hydrogen-bond acceptors (Lipinski definition) is 3. The first-order valence-electron chi connectivity index (χ1n) is 7.40. The van der Waals surface area contributed by atoms with Crippen molar-refractivity contribution in [1.29, 1.82) is 0 Å². The Morgan fingerprint density at radius 3 is 2.52 bits per heavy atom. The minimum absolute atomic E-state index is 0.0296. The van der Waals surface area contributed by atoms with Crippen LogP contribution >= 0.6 is 0 Å². The minimum atomic E-state index is -0.113. The smallest absolute Gasteiger partial charge is 0.228 e. The summed E-state index contributed by atoms with van der Waals surface area (Å²) in [7, 11) is 0. The zero-order chi connectivity index (χ0) is 15.8. The van der Waals surface area contributed by atoms with Crippen molar-refractivity contribution in [3.05, 3.63) is 23.8 Å². The molecule has 0 radical (unpaired) electrons. The van der Waals surface area contributed by atoms with Crippen LogP contribution in [0.2, 0.25) is 0 Å². The Bertz CT molecular complexity index is 500. The van der Waals surface area contributed by atoms with Crippen molar-refractivity contribution >= 4 is 23.2 Å². The number of aryl methyl sites for hydroxylation is 1. The van der Waals surface area contributed by atoms with Crippen molar-refractivity contribution < 1.29 is 9.59 Å². The van der Waals surface area contributed by atoms with Crippen LogP contribution in [0.1, 0.15) is 32.8 Å². The van der Waals surface area contributed by atoms with Gasteiger partial charge in [-0.05, 0) is 31.2 Å². The van der Waals surface area contributed by atoms with E-state index in [0.717, 1.165) is 17.8 Å². The highest BCUT2D eigenvalue weighted by molar-refractivity contribution is 5.95. The van der Waals surface area contributed by atoms with Crippen LogP contribution in [0.4, 0.5) is 11.4 Å². The lowest BCUT2D eigenvalue weighted by molar-refractivity contribution is -0.119. The van der Waals surface area contributed by atoms with Crippen LogP contribution in [0, 0.1) is 12.8 Å². The first kappa shape index (κ1) is 17.2. The molecule has 21 heavy (non-hydrogen) atoms. The summed E-state index contributed by atoms with van der Waals surface area (Å²) < 4.78 is 0. The second-order valence-electron chi connectivity index (χ2n) is 5.13. The van der Waals surface area contributed by atoms with Crippen LogP contribution in [0.5, 0.6) is 0 Å². The first-order chi connectivity index (χ1) is 9.97. The number of amides is 2. The van der Waals surface area contributed by atoms with Gasteiger partial charge in [-0.15, -0.1) is 0 Å². The predicted octanol–water partition coefficient (Wildman–Crippen LogP) is 2.53. The molecule has 2 amide bonds. The molecule has 0 bridgehead atoms. The molecule has 1 rings (SSSR count). The van der Waals surface area contributed by atoms with Gasteiger partial charge in [-0.25, -0.2) is 0 Å². The Labute approximate surface area is 126 Å². The van der Waals surface area contributed by atoms with Gasteiger partial charge in [0.1, 0.15) is 0 Å². The number of anilines is 2. The predicted molar refractivity (Wildman–Crippen MR) is 86.4 cm³/mol. The fourth-order valence-corrected chi connectivity index (χ4v) is 1.79. The standard InChI is InChI=1S/C16H25N3O2/c1-5-15(20)18-13-8-7-11(3)14(9-13)19-16(21)12(4)10-17-6-2/h7-9,12,17H,5-6,10H2,1-4H3,(H,18,20)(H,19,21). The Kier molecular flexibility index (Phi) is 6.88. The van der Waals surface area contributed by atoms with Gasteiger partial charge in [-0.2, -0.15) is 0 Å². The van der Waals surface area contributed by atoms with Gasteiger partial charge < -0.3 is 16.0 Å². The summed E-state index contributed by atoms with van der Waals surface area (Å²) in [5.41, 5.74) is 2.40. The zero-order valence-corrected chi connectivity index (χ0v) is 13.2. The molecule has 0 saturated carbocycles. The Morgan fingerprint density at radius 1 is 1.19 bits per heavy atom. The molecule has 1 atom stereocenters. The van der Waals surface area contributed by atoms with Crippen LogP contribution < -0.4 is 16.0 Å². The maximum Gasteiger partial charge on any atom is 0.228 e. The number of nitrogens with one attached hydrogen (secondary N) is 3. The summed E-state index contributed by atoms with van der Waals surface area (Å²) in [5, 5.41) is 8.87. The van der Waals surface area contributed by atoms with E-state index in [1.807, 2.05) is 32.9 Å². The van der Waals surface area contributed by atoms with Gasteiger partial charge >= 0.3 is 0 Å². The molecule has 0 aliphatic rings. The molecule has 1 aromatic rings. The molecular weight excluding hydrogens is 266 g/mol. The summed E-state index contributed by atoms with van der Waals surface area (Å²) in [4.78, 5) is 23.5. The summed E-state index contributed by atoms with van der Waals surface area (Å²) in [6, 6.07) is 5.51. The molecule has 0 saturated heterocycles. The largest absolute Gasteiger partial charge is 0.326 e. The third kappa shape index (κ3) is 5.55. The fourth-order valence-electron chi connectivity index (χ4n) is 1.79. The molecule has 0 heterocycles. The minimum Gasteiger partial charge on any atom is -0.326 e. The Balaban J connectivity index is 2.75. The van der Waals surface area contributed by atoms with Crippen LogP contribution in [0.25, 0.3) is 0 Å². The average molecular weight is 291 g/mol. The molecule has 0 spiro atoms. The van der Waals surface area contributed by atoms with Crippen molar-refractivity contribution in [2.75, 3.05) is 23.7 Å². The molecule has 0 aliphatic heterocycles. The van der Waals surface area contributed by atoms with E-state index in [1.165, 1.54) is 0 Å². The van der Waals surface area contributed by atoms with E-state index >= 15 is 0 Å². The topological polar surface area (TPSA) is 70.2 Å². The van der Waals surface area contributed by atoms with Gasteiger partial charge in [0, 0.05) is 30.3 Å². The highest BCUT2D eigenvalue weighted by Crippen LogP contribution is 2.21.